The molecule has 208 valence electrons. The number of rotatable bonds is 5. The number of methoxy groups -OCH3 is 2. The number of anilines is 1. The van der Waals surface area contributed by atoms with Crippen LogP contribution in [0.3, 0.4) is 0 Å². The van der Waals surface area contributed by atoms with E-state index >= 15 is 0 Å². The van der Waals surface area contributed by atoms with E-state index in [1.165, 1.54) is 38.5 Å². The van der Waals surface area contributed by atoms with Gasteiger partial charge < -0.3 is 14.4 Å². The van der Waals surface area contributed by atoms with Crippen molar-refractivity contribution in [1.82, 2.24) is 0 Å². The van der Waals surface area contributed by atoms with Crippen molar-refractivity contribution in [2.24, 2.45) is 5.41 Å². The molecule has 2 heterocycles. The number of para-hydroxylation sites is 1. The summed E-state index contributed by atoms with van der Waals surface area (Å²) in [6, 6.07) is 23.2. The molecule has 1 aliphatic carbocycles. The zero-order valence-electron chi connectivity index (χ0n) is 22.9. The Morgan fingerprint density at radius 2 is 1.50 bits per heavy atom. The van der Waals surface area contributed by atoms with Crippen LogP contribution < -0.4 is 14.4 Å². The quantitative estimate of drug-likeness (QED) is 0.216. The lowest BCUT2D eigenvalue weighted by molar-refractivity contribution is 0.0665. The molecular weight excluding hydrogens is 533 g/mol. The third-order valence-electron chi connectivity index (χ3n) is 8.89. The number of nitrogens with zero attached hydrogens (tertiary/aromatic N) is 1. The summed E-state index contributed by atoms with van der Waals surface area (Å²) < 4.78 is 25.2. The van der Waals surface area contributed by atoms with Crippen LogP contribution >= 0.6 is 0 Å². The first-order valence-corrected chi connectivity index (χ1v) is 13.7. The SMILES string of the molecule is COc1ccc([C@@H]2[C@@H](C(=O)c3ccc(F)cc3)N3c4ccccc4C=C[C@H]3C23C(=O)c2ccccc2C3=O)c(OC)c1. The minimum Gasteiger partial charge on any atom is -0.497 e. The number of ketones is 3. The normalized spacial score (nSPS) is 21.2. The summed E-state index contributed by atoms with van der Waals surface area (Å²) in [5, 5.41) is 0. The topological polar surface area (TPSA) is 72.9 Å². The van der Waals surface area contributed by atoms with Gasteiger partial charge in [-0.3, -0.25) is 14.4 Å². The number of ether oxygens (including phenoxy) is 2. The molecule has 4 aromatic rings. The summed E-state index contributed by atoms with van der Waals surface area (Å²) in [6.45, 7) is 0. The second-order valence-corrected chi connectivity index (χ2v) is 10.7. The molecular formula is C35H26FNO5. The van der Waals surface area contributed by atoms with Crippen LogP contribution in [0.2, 0.25) is 0 Å². The van der Waals surface area contributed by atoms with Crippen molar-refractivity contribution in [2.75, 3.05) is 19.1 Å². The third kappa shape index (κ3) is 3.40. The maximum absolute atomic E-state index is 14.7. The van der Waals surface area contributed by atoms with Gasteiger partial charge in [-0.2, -0.15) is 0 Å². The lowest BCUT2D eigenvalue weighted by Gasteiger charge is -2.37. The minimum atomic E-state index is -1.67. The Balaban J connectivity index is 1.57. The summed E-state index contributed by atoms with van der Waals surface area (Å²) in [7, 11) is 3.04. The van der Waals surface area contributed by atoms with E-state index in [1.54, 1.807) is 42.5 Å². The molecule has 6 nitrogen and oxygen atoms in total. The van der Waals surface area contributed by atoms with E-state index in [1.807, 2.05) is 41.3 Å². The fourth-order valence-electron chi connectivity index (χ4n) is 7.12. The van der Waals surface area contributed by atoms with Crippen molar-refractivity contribution in [3.05, 3.63) is 131 Å². The van der Waals surface area contributed by atoms with Crippen molar-refractivity contribution in [3.8, 4) is 11.5 Å². The highest BCUT2D eigenvalue weighted by atomic mass is 19.1. The van der Waals surface area contributed by atoms with Gasteiger partial charge in [-0.15, -0.1) is 0 Å². The van der Waals surface area contributed by atoms with Crippen LogP contribution in [0.1, 0.15) is 48.1 Å². The number of hydrogen-bond donors (Lipinski definition) is 0. The second kappa shape index (κ2) is 9.52. The van der Waals surface area contributed by atoms with Crippen molar-refractivity contribution >= 4 is 29.1 Å². The molecule has 0 aromatic heterocycles. The highest BCUT2D eigenvalue weighted by Crippen LogP contribution is 2.62. The molecule has 42 heavy (non-hydrogen) atoms. The first kappa shape index (κ1) is 25.9. The molecule has 0 amide bonds. The Labute approximate surface area is 242 Å². The number of halogens is 1. The van der Waals surface area contributed by atoms with Crippen LogP contribution in [-0.4, -0.2) is 43.7 Å². The maximum atomic E-state index is 14.7. The maximum Gasteiger partial charge on any atom is 0.185 e. The van der Waals surface area contributed by atoms with Gasteiger partial charge in [0, 0.05) is 39.9 Å². The van der Waals surface area contributed by atoms with Gasteiger partial charge in [0.15, 0.2) is 17.3 Å². The third-order valence-corrected chi connectivity index (χ3v) is 8.89. The molecule has 1 fully saturated rings. The zero-order valence-corrected chi connectivity index (χ0v) is 22.9. The molecule has 0 bridgehead atoms. The van der Waals surface area contributed by atoms with E-state index < -0.39 is 29.2 Å². The molecule has 3 aliphatic rings. The zero-order chi connectivity index (χ0) is 29.2. The summed E-state index contributed by atoms with van der Waals surface area (Å²) >= 11 is 0. The van der Waals surface area contributed by atoms with Gasteiger partial charge in [0.1, 0.15) is 28.8 Å². The number of carbonyl (C=O) groups is 3. The van der Waals surface area contributed by atoms with Crippen LogP contribution in [0.4, 0.5) is 10.1 Å². The van der Waals surface area contributed by atoms with E-state index in [0.717, 1.165) is 11.3 Å². The van der Waals surface area contributed by atoms with Gasteiger partial charge in [0.25, 0.3) is 0 Å². The molecule has 7 rings (SSSR count). The van der Waals surface area contributed by atoms with Crippen LogP contribution in [0, 0.1) is 11.2 Å². The fourth-order valence-corrected chi connectivity index (χ4v) is 7.12. The van der Waals surface area contributed by atoms with Crippen LogP contribution in [0.5, 0.6) is 11.5 Å². The Morgan fingerprint density at radius 3 is 2.17 bits per heavy atom. The molecule has 1 spiro atoms. The number of fused-ring (bicyclic) bond motifs is 5. The molecule has 1 saturated heterocycles. The molecule has 3 atom stereocenters. The number of hydrogen-bond acceptors (Lipinski definition) is 6. The predicted octanol–water partition coefficient (Wildman–Crippen LogP) is 6.16. The number of carbonyl (C=O) groups excluding carboxylic acids is 3. The highest BCUT2D eigenvalue weighted by molar-refractivity contribution is 6.32. The molecule has 0 N–H and O–H groups in total. The Bertz CT molecular complexity index is 1780. The van der Waals surface area contributed by atoms with E-state index in [2.05, 4.69) is 0 Å². The van der Waals surface area contributed by atoms with Gasteiger partial charge in [-0.1, -0.05) is 60.7 Å². The smallest absolute Gasteiger partial charge is 0.185 e. The second-order valence-electron chi connectivity index (χ2n) is 10.7. The summed E-state index contributed by atoms with van der Waals surface area (Å²) in [5.41, 5.74) is 1.40. The largest absolute Gasteiger partial charge is 0.497 e. The van der Waals surface area contributed by atoms with Crippen molar-refractivity contribution in [1.29, 1.82) is 0 Å². The molecule has 0 saturated carbocycles. The molecule has 2 aliphatic heterocycles. The summed E-state index contributed by atoms with van der Waals surface area (Å²) in [6.07, 6.45) is 3.78. The Kier molecular flexibility index (Phi) is 5.87. The van der Waals surface area contributed by atoms with E-state index in [9.17, 15) is 18.8 Å². The standard InChI is InChI=1S/C35H26FNO5/c1-41-23-16-17-26(28(19-23)42-2)30-31(32(38)21-11-14-22(36)15-12-21)37-27-10-6-3-7-20(27)13-18-29(37)35(30)33(39)24-8-4-5-9-25(24)34(35)40/h3-19,29-31H,1-2H3/t29-,30+,31-/m0/s1. The van der Waals surface area contributed by atoms with Gasteiger partial charge in [-0.25, -0.2) is 4.39 Å². The first-order valence-electron chi connectivity index (χ1n) is 13.7. The van der Waals surface area contributed by atoms with E-state index in [4.69, 9.17) is 9.47 Å². The highest BCUT2D eigenvalue weighted by Gasteiger charge is 2.72. The Hall–Kier alpha value is -5.04. The van der Waals surface area contributed by atoms with Gasteiger partial charge >= 0.3 is 0 Å². The van der Waals surface area contributed by atoms with Crippen LogP contribution in [-0.2, 0) is 0 Å². The first-order chi connectivity index (χ1) is 20.4. The van der Waals surface area contributed by atoms with Crippen LogP contribution in [0.25, 0.3) is 6.08 Å². The predicted molar refractivity (Wildman–Crippen MR) is 156 cm³/mol. The molecule has 4 aromatic carbocycles. The fraction of sp³-hybridized carbons (Fsp3) is 0.171. The van der Waals surface area contributed by atoms with E-state index in [-0.39, 0.29) is 22.9 Å². The lowest BCUT2D eigenvalue weighted by atomic mass is 9.64. The number of Topliss-reactive ketones (excluding diaryl/α,β-unsaturated/α-hetero) is 3. The molecule has 0 unspecified atom stereocenters. The van der Waals surface area contributed by atoms with Crippen LogP contribution in [0.15, 0.2) is 97.1 Å². The van der Waals surface area contributed by atoms with Crippen molar-refractivity contribution in [3.63, 3.8) is 0 Å². The number of benzene rings is 4. The summed E-state index contributed by atoms with van der Waals surface area (Å²) in [4.78, 5) is 46.1. The average Bonchev–Trinajstić information content (AvgIpc) is 3.46. The van der Waals surface area contributed by atoms with Crippen molar-refractivity contribution < 1.29 is 28.2 Å². The summed E-state index contributed by atoms with van der Waals surface area (Å²) in [5.74, 6) is -1.50. The Morgan fingerprint density at radius 1 is 0.833 bits per heavy atom. The van der Waals surface area contributed by atoms with Gasteiger partial charge in [0.2, 0.25) is 0 Å². The average molecular weight is 560 g/mol. The monoisotopic (exact) mass is 559 g/mol. The van der Waals surface area contributed by atoms with Gasteiger partial charge in [-0.05, 0) is 42.0 Å². The van der Waals surface area contributed by atoms with Crippen molar-refractivity contribution in [2.45, 2.75) is 18.0 Å². The van der Waals surface area contributed by atoms with Gasteiger partial charge in [0.05, 0.1) is 20.3 Å². The molecule has 0 radical (unpaired) electrons. The molecule has 7 heteroatoms. The minimum absolute atomic E-state index is 0.275. The van der Waals surface area contributed by atoms with E-state index in [0.29, 0.717) is 28.2 Å². The lowest BCUT2D eigenvalue weighted by Crippen LogP contribution is -2.48.